The van der Waals surface area contributed by atoms with E-state index in [1.807, 2.05) is 29.6 Å². The Morgan fingerprint density at radius 2 is 1.97 bits per heavy atom. The molecule has 1 aliphatic rings. The number of aromatic nitrogens is 4. The van der Waals surface area contributed by atoms with Crippen LogP contribution in [0.1, 0.15) is 39.8 Å². The number of rotatable bonds is 12. The van der Waals surface area contributed by atoms with Crippen molar-refractivity contribution in [3.63, 3.8) is 0 Å². The highest BCUT2D eigenvalue weighted by Crippen LogP contribution is 2.46. The third kappa shape index (κ3) is 6.79. The molecule has 5 atom stereocenters. The van der Waals surface area contributed by atoms with Gasteiger partial charge in [-0.15, -0.1) is 0 Å². The molecular weight excluding hydrogens is 513 g/mol. The number of fused-ring (bicyclic) bond motifs is 1. The molecule has 0 spiro atoms. The molecule has 3 aromatic rings. The average Bonchev–Trinajstić information content (AvgIpc) is 3.49. The van der Waals surface area contributed by atoms with E-state index in [-0.39, 0.29) is 31.0 Å². The van der Waals surface area contributed by atoms with Crippen LogP contribution in [-0.4, -0.2) is 69.9 Å². The number of imidazole rings is 1. The number of nitrogen functional groups attached to an aromatic ring is 1. The Hall–Kier alpha value is -2.80. The first-order chi connectivity index (χ1) is 18.0. The molecule has 14 heteroatoms. The minimum Gasteiger partial charge on any atom is -0.413 e. The Bertz CT molecular complexity index is 1260. The summed E-state index contributed by atoms with van der Waals surface area (Å²) in [4.78, 5) is 14.9. The van der Waals surface area contributed by atoms with E-state index in [0.29, 0.717) is 35.6 Å². The van der Waals surface area contributed by atoms with Crippen LogP contribution in [0.25, 0.3) is 11.2 Å². The molecule has 2 aromatic heterocycles. The molecule has 1 saturated heterocycles. The fraction of sp³-hybridized carbons (Fsp3) is 0.542. The van der Waals surface area contributed by atoms with Gasteiger partial charge in [0.1, 0.15) is 12.0 Å². The molecule has 38 heavy (non-hydrogen) atoms. The number of benzene rings is 1. The molecule has 0 aliphatic carbocycles. The van der Waals surface area contributed by atoms with Crippen LogP contribution in [0.3, 0.4) is 0 Å². The molecule has 4 rings (SSSR count). The van der Waals surface area contributed by atoms with Gasteiger partial charge >= 0.3 is 7.75 Å². The predicted octanol–water partition coefficient (Wildman–Crippen LogP) is 3.08. The van der Waals surface area contributed by atoms with Crippen LogP contribution in [0.4, 0.5) is 11.8 Å². The van der Waals surface area contributed by atoms with E-state index in [1.165, 1.54) is 0 Å². The normalized spacial score (nSPS) is 20.9. The maximum absolute atomic E-state index is 13.7. The van der Waals surface area contributed by atoms with E-state index in [2.05, 4.69) is 20.0 Å². The number of nitrogens with zero attached hydrogens (tertiary/aromatic N) is 5. The summed E-state index contributed by atoms with van der Waals surface area (Å²) in [5, 5.41) is 13.1. The number of aliphatic hydroxyl groups excluding tert-OH is 1. The van der Waals surface area contributed by atoms with E-state index in [0.717, 1.165) is 0 Å². The summed E-state index contributed by atoms with van der Waals surface area (Å²) in [6.07, 6.45) is 0.798. The van der Waals surface area contributed by atoms with Gasteiger partial charge in [-0.2, -0.15) is 9.97 Å². The molecule has 3 heterocycles. The summed E-state index contributed by atoms with van der Waals surface area (Å²) >= 11 is 0. The van der Waals surface area contributed by atoms with Gasteiger partial charge < -0.3 is 29.7 Å². The van der Waals surface area contributed by atoms with E-state index in [1.54, 1.807) is 51.4 Å². The number of nitrogens with two attached hydrogens (primary N) is 1. The van der Waals surface area contributed by atoms with Gasteiger partial charge in [0.25, 0.3) is 0 Å². The fourth-order valence-electron chi connectivity index (χ4n) is 4.06. The molecule has 4 N–H and O–H groups in total. The zero-order chi connectivity index (χ0) is 27.4. The number of hydrogen-bond donors (Lipinski definition) is 3. The number of nitrogens with one attached hydrogen (secondary N) is 1. The highest BCUT2D eigenvalue weighted by atomic mass is 31.2. The van der Waals surface area contributed by atoms with Crippen molar-refractivity contribution in [2.45, 2.75) is 64.4 Å². The maximum atomic E-state index is 13.7. The Morgan fingerprint density at radius 3 is 2.66 bits per heavy atom. The van der Waals surface area contributed by atoms with Crippen molar-refractivity contribution in [3.8, 4) is 5.75 Å². The van der Waals surface area contributed by atoms with Crippen LogP contribution in [-0.2, 0) is 18.6 Å². The van der Waals surface area contributed by atoms with Gasteiger partial charge in [0.2, 0.25) is 5.95 Å². The van der Waals surface area contributed by atoms with Crippen molar-refractivity contribution in [2.75, 3.05) is 31.3 Å². The number of hydrogen-bond acceptors (Lipinski definition) is 11. The van der Waals surface area contributed by atoms with E-state index in [9.17, 15) is 9.67 Å². The first-order valence-electron chi connectivity index (χ1n) is 12.5. The third-order valence-corrected chi connectivity index (χ3v) is 7.50. The lowest BCUT2D eigenvalue weighted by Gasteiger charge is -2.27. The third-order valence-electron chi connectivity index (χ3n) is 5.84. The Kier molecular flexibility index (Phi) is 8.86. The van der Waals surface area contributed by atoms with Crippen LogP contribution in [0, 0.1) is 0 Å². The zero-order valence-electron chi connectivity index (χ0n) is 22.2. The zero-order valence-corrected chi connectivity index (χ0v) is 23.1. The number of aliphatic hydroxyl groups is 1. The van der Waals surface area contributed by atoms with E-state index in [4.69, 9.17) is 24.3 Å². The van der Waals surface area contributed by atoms with Crippen molar-refractivity contribution in [1.29, 1.82) is 0 Å². The van der Waals surface area contributed by atoms with Crippen LogP contribution < -0.4 is 20.2 Å². The van der Waals surface area contributed by atoms with Gasteiger partial charge in [0, 0.05) is 14.1 Å². The van der Waals surface area contributed by atoms with E-state index < -0.39 is 20.1 Å². The summed E-state index contributed by atoms with van der Waals surface area (Å²) in [7, 11) is -0.203. The number of anilines is 2. The second-order valence-electron chi connectivity index (χ2n) is 9.60. The molecule has 0 bridgehead atoms. The Morgan fingerprint density at radius 1 is 1.24 bits per heavy atom. The summed E-state index contributed by atoms with van der Waals surface area (Å²) in [5.74, 6) is 1.12. The van der Waals surface area contributed by atoms with Gasteiger partial charge in [-0.1, -0.05) is 18.2 Å². The predicted molar refractivity (Wildman–Crippen MR) is 143 cm³/mol. The first-order valence-corrected chi connectivity index (χ1v) is 14.0. The average molecular weight is 550 g/mol. The summed E-state index contributed by atoms with van der Waals surface area (Å²) < 4.78 is 38.7. The quantitative estimate of drug-likeness (QED) is 0.224. The fourth-order valence-corrected chi connectivity index (χ4v) is 5.62. The topological polar surface area (TPSA) is 159 Å². The van der Waals surface area contributed by atoms with Crippen molar-refractivity contribution < 1.29 is 28.2 Å². The highest BCUT2D eigenvalue weighted by molar-refractivity contribution is 7.52. The molecule has 13 nitrogen and oxygen atoms in total. The minimum atomic E-state index is -3.92. The minimum absolute atomic E-state index is 0.00579. The molecule has 1 unspecified atom stereocenters. The maximum Gasteiger partial charge on any atom is 0.459 e. The molecule has 1 fully saturated rings. The van der Waals surface area contributed by atoms with Gasteiger partial charge in [-0.05, 0) is 45.7 Å². The molecule has 0 saturated carbocycles. The first kappa shape index (κ1) is 28.2. The monoisotopic (exact) mass is 549 g/mol. The van der Waals surface area contributed by atoms with Crippen molar-refractivity contribution >= 4 is 30.7 Å². The smallest absolute Gasteiger partial charge is 0.413 e. The van der Waals surface area contributed by atoms with Gasteiger partial charge in [-0.3, -0.25) is 9.09 Å². The van der Waals surface area contributed by atoms with Gasteiger partial charge in [0.15, 0.2) is 23.3 Å². The van der Waals surface area contributed by atoms with E-state index >= 15 is 0 Å². The summed E-state index contributed by atoms with van der Waals surface area (Å²) in [6.45, 7) is 5.23. The van der Waals surface area contributed by atoms with Crippen molar-refractivity contribution in [3.05, 3.63) is 36.7 Å². The standard InChI is InChI=1S/C24H36N7O6P/c1-15(2)35-23(32)16(3)29-38(33,37-17-9-7-6-8-10-17)34-13-18-11-12-19(36-18)31-14-26-20-21(30(4)5)27-24(25)28-22(20)31/h6-10,14-16,18-19,23,32H,11-13H2,1-5H3,(H,29,33)(H2,25,27,28)/t16-,18+,19-,23?,38+/m1/s1. The molecular formula is C24H36N7O6P. The largest absolute Gasteiger partial charge is 0.459 e. The second kappa shape index (κ2) is 11.9. The summed E-state index contributed by atoms with van der Waals surface area (Å²) in [5.41, 5.74) is 7.12. The van der Waals surface area contributed by atoms with Crippen LogP contribution in [0.2, 0.25) is 0 Å². The van der Waals surface area contributed by atoms with Crippen LogP contribution in [0.15, 0.2) is 36.7 Å². The van der Waals surface area contributed by atoms with Crippen LogP contribution >= 0.6 is 7.75 Å². The Balaban J connectivity index is 1.45. The van der Waals surface area contributed by atoms with Gasteiger partial charge in [0.05, 0.1) is 31.2 Å². The molecule has 1 aliphatic heterocycles. The molecule has 1 aromatic carbocycles. The second-order valence-corrected chi connectivity index (χ2v) is 11.3. The van der Waals surface area contributed by atoms with Crippen molar-refractivity contribution in [1.82, 2.24) is 24.6 Å². The number of para-hydroxylation sites is 1. The van der Waals surface area contributed by atoms with Crippen LogP contribution in [0.5, 0.6) is 5.75 Å². The lowest BCUT2D eigenvalue weighted by Crippen LogP contribution is -2.40. The van der Waals surface area contributed by atoms with Gasteiger partial charge in [-0.25, -0.2) is 14.6 Å². The lowest BCUT2D eigenvalue weighted by molar-refractivity contribution is -0.138. The summed E-state index contributed by atoms with van der Waals surface area (Å²) in [6, 6.07) is 7.95. The molecule has 0 radical (unpaired) electrons. The highest BCUT2D eigenvalue weighted by Gasteiger charge is 2.35. The molecule has 208 valence electrons. The SMILES string of the molecule is CC(C)OC(O)[C@@H](C)N[P@](=O)(OC[C@@H]1CC[C@H](n2cnc3c(N(C)C)nc(N)nc32)O1)Oc1ccccc1. The lowest BCUT2D eigenvalue weighted by atomic mass is 10.2. The molecule has 0 amide bonds. The van der Waals surface area contributed by atoms with Crippen molar-refractivity contribution in [2.24, 2.45) is 0 Å². The Labute approximate surface area is 221 Å². The number of ether oxygens (including phenoxy) is 2.